The molecule has 0 saturated heterocycles. The lowest BCUT2D eigenvalue weighted by molar-refractivity contribution is -0.145. The molecule has 0 bridgehead atoms. The molecule has 7 nitrogen and oxygen atoms in total. The number of fused-ring (bicyclic) bond motifs is 1. The van der Waals surface area contributed by atoms with Crippen LogP contribution in [0.5, 0.6) is 5.75 Å². The third kappa shape index (κ3) is 6.46. The highest BCUT2D eigenvalue weighted by molar-refractivity contribution is 6.05. The fourth-order valence-electron chi connectivity index (χ4n) is 3.34. The third-order valence-electron chi connectivity index (χ3n) is 4.84. The first-order valence-electron chi connectivity index (χ1n) is 10.2. The Morgan fingerprint density at radius 3 is 2.52 bits per heavy atom. The van der Waals surface area contributed by atoms with Gasteiger partial charge in [0.1, 0.15) is 17.7 Å². The lowest BCUT2D eigenvalue weighted by Crippen LogP contribution is -2.26. The Balaban J connectivity index is 0.00000341. The van der Waals surface area contributed by atoms with Crippen molar-refractivity contribution in [2.45, 2.75) is 39.2 Å². The summed E-state index contributed by atoms with van der Waals surface area (Å²) >= 11 is 0. The van der Waals surface area contributed by atoms with Crippen LogP contribution in [0.3, 0.4) is 0 Å². The average Bonchev–Trinajstić information content (AvgIpc) is 2.74. The number of aryl methyl sites for hydroxylation is 1. The summed E-state index contributed by atoms with van der Waals surface area (Å²) in [6.45, 7) is 4.76. The van der Waals surface area contributed by atoms with Crippen LogP contribution >= 0.6 is 12.4 Å². The number of carbonyl (C=O) groups excluding carboxylic acids is 2. The molecule has 2 aromatic carbocycles. The van der Waals surface area contributed by atoms with Gasteiger partial charge in [0, 0.05) is 23.4 Å². The number of hydrogen-bond donors (Lipinski definition) is 3. The minimum atomic E-state index is -0.249. The van der Waals surface area contributed by atoms with Crippen LogP contribution in [0.2, 0.25) is 0 Å². The number of benzene rings is 2. The van der Waals surface area contributed by atoms with Crippen molar-refractivity contribution in [2.75, 3.05) is 18.5 Å². The molecule has 2 aromatic rings. The normalized spacial score (nSPS) is 14.3. The molecular formula is C23H28ClN3O4. The molecule has 1 unspecified atom stereocenters. The quantitative estimate of drug-likeness (QED) is 0.340. The Hall–Kier alpha value is -3.06. The number of hydrogen-bond acceptors (Lipinski definition) is 5. The van der Waals surface area contributed by atoms with E-state index in [0.717, 1.165) is 29.7 Å². The van der Waals surface area contributed by atoms with E-state index in [9.17, 15) is 9.59 Å². The van der Waals surface area contributed by atoms with Crippen molar-refractivity contribution in [3.05, 3.63) is 59.2 Å². The molecule has 3 rings (SSSR count). The maximum atomic E-state index is 12.6. The van der Waals surface area contributed by atoms with Gasteiger partial charge in [0.25, 0.3) is 5.91 Å². The zero-order chi connectivity index (χ0) is 21.5. The topological polar surface area (TPSA) is 101 Å². The Morgan fingerprint density at radius 1 is 1.13 bits per heavy atom. The summed E-state index contributed by atoms with van der Waals surface area (Å²) in [5.41, 5.74) is 2.95. The average molecular weight is 446 g/mol. The van der Waals surface area contributed by atoms with Crippen molar-refractivity contribution in [1.29, 1.82) is 5.41 Å². The molecule has 1 aliphatic heterocycles. The number of halogens is 1. The number of amides is 1. The lowest BCUT2D eigenvalue weighted by atomic mass is 10.00. The van der Waals surface area contributed by atoms with E-state index < -0.39 is 0 Å². The number of anilines is 1. The Bertz CT molecular complexity index is 931. The van der Waals surface area contributed by atoms with Crippen LogP contribution in [0.15, 0.2) is 42.5 Å². The third-order valence-corrected chi connectivity index (χ3v) is 4.84. The number of esters is 1. The molecule has 1 aliphatic rings. The Labute approximate surface area is 188 Å². The zero-order valence-corrected chi connectivity index (χ0v) is 18.5. The first-order chi connectivity index (χ1) is 14.5. The van der Waals surface area contributed by atoms with Crippen molar-refractivity contribution in [1.82, 2.24) is 5.32 Å². The van der Waals surface area contributed by atoms with Gasteiger partial charge in [-0.25, -0.2) is 0 Å². The van der Waals surface area contributed by atoms with E-state index in [1.54, 1.807) is 37.3 Å². The van der Waals surface area contributed by atoms with E-state index >= 15 is 0 Å². The number of carbonyl (C=O) groups is 2. The van der Waals surface area contributed by atoms with E-state index in [-0.39, 0.29) is 36.8 Å². The van der Waals surface area contributed by atoms with Crippen LogP contribution in [0.1, 0.15) is 48.2 Å². The van der Waals surface area contributed by atoms with Gasteiger partial charge >= 0.3 is 5.97 Å². The minimum absolute atomic E-state index is 0. The van der Waals surface area contributed by atoms with Crippen LogP contribution in [0, 0.1) is 5.41 Å². The molecule has 31 heavy (non-hydrogen) atoms. The minimum Gasteiger partial charge on any atom is -0.490 e. The molecule has 0 fully saturated rings. The van der Waals surface area contributed by atoms with Gasteiger partial charge in [-0.3, -0.25) is 15.0 Å². The molecule has 0 aliphatic carbocycles. The summed E-state index contributed by atoms with van der Waals surface area (Å²) in [7, 11) is 0. The van der Waals surface area contributed by atoms with Gasteiger partial charge in [0.15, 0.2) is 0 Å². The highest BCUT2D eigenvalue weighted by Gasteiger charge is 2.23. The molecule has 0 radical (unpaired) electrons. The molecule has 166 valence electrons. The number of rotatable bonds is 7. The van der Waals surface area contributed by atoms with Crippen molar-refractivity contribution in [3.8, 4) is 5.75 Å². The number of amidine groups is 1. The SMILES string of the molecule is CCNC(=N)c1ccc(C(=O)Nc2ccc3c(c2)CCC(CC(=O)OCC)O3)cc1.Cl. The summed E-state index contributed by atoms with van der Waals surface area (Å²) in [6, 6.07) is 12.4. The number of nitrogens with one attached hydrogen (secondary N) is 3. The monoisotopic (exact) mass is 445 g/mol. The van der Waals surface area contributed by atoms with E-state index in [1.807, 2.05) is 19.1 Å². The Kier molecular flexibility index (Phi) is 8.88. The highest BCUT2D eigenvalue weighted by atomic mass is 35.5. The van der Waals surface area contributed by atoms with Crippen molar-refractivity contribution >= 4 is 35.8 Å². The van der Waals surface area contributed by atoms with E-state index in [1.165, 1.54) is 0 Å². The Morgan fingerprint density at radius 2 is 1.84 bits per heavy atom. The summed E-state index contributed by atoms with van der Waals surface area (Å²) in [6.07, 6.45) is 1.55. The predicted octanol–water partition coefficient (Wildman–Crippen LogP) is 3.94. The van der Waals surface area contributed by atoms with Crippen molar-refractivity contribution < 1.29 is 19.1 Å². The zero-order valence-electron chi connectivity index (χ0n) is 17.7. The summed E-state index contributed by atoms with van der Waals surface area (Å²) in [5, 5.41) is 13.7. The fourth-order valence-corrected chi connectivity index (χ4v) is 3.34. The van der Waals surface area contributed by atoms with Gasteiger partial charge in [0.05, 0.1) is 13.0 Å². The van der Waals surface area contributed by atoms with Gasteiger partial charge in [-0.15, -0.1) is 12.4 Å². The second-order valence-electron chi connectivity index (χ2n) is 7.05. The smallest absolute Gasteiger partial charge is 0.309 e. The van der Waals surface area contributed by atoms with E-state index in [0.29, 0.717) is 30.2 Å². The summed E-state index contributed by atoms with van der Waals surface area (Å²) in [4.78, 5) is 24.2. The number of ether oxygens (including phenoxy) is 2. The predicted molar refractivity (Wildman–Crippen MR) is 123 cm³/mol. The van der Waals surface area contributed by atoms with Crippen LogP contribution in [-0.4, -0.2) is 37.0 Å². The second-order valence-corrected chi connectivity index (χ2v) is 7.05. The van der Waals surface area contributed by atoms with Crippen LogP contribution in [0.25, 0.3) is 0 Å². The molecule has 0 spiro atoms. The van der Waals surface area contributed by atoms with E-state index in [4.69, 9.17) is 14.9 Å². The first-order valence-corrected chi connectivity index (χ1v) is 10.2. The maximum absolute atomic E-state index is 12.6. The van der Waals surface area contributed by atoms with Crippen LogP contribution < -0.4 is 15.4 Å². The lowest BCUT2D eigenvalue weighted by Gasteiger charge is -2.26. The van der Waals surface area contributed by atoms with Crippen molar-refractivity contribution in [3.63, 3.8) is 0 Å². The molecule has 0 saturated carbocycles. The van der Waals surface area contributed by atoms with E-state index in [2.05, 4.69) is 10.6 Å². The van der Waals surface area contributed by atoms with Gasteiger partial charge in [0.2, 0.25) is 0 Å². The molecule has 8 heteroatoms. The van der Waals surface area contributed by atoms with Crippen LogP contribution in [0.4, 0.5) is 5.69 Å². The molecule has 1 amide bonds. The highest BCUT2D eigenvalue weighted by Crippen LogP contribution is 2.31. The molecular weight excluding hydrogens is 418 g/mol. The first kappa shape index (κ1) is 24.2. The largest absolute Gasteiger partial charge is 0.490 e. The fraction of sp³-hybridized carbons (Fsp3) is 0.348. The maximum Gasteiger partial charge on any atom is 0.309 e. The standard InChI is InChI=1S/C23H27N3O4.ClH/c1-3-25-22(24)15-5-7-16(8-6-15)23(28)26-18-10-12-20-17(13-18)9-11-19(30-20)14-21(27)29-4-2;/h5-8,10,12-13,19H,3-4,9,11,14H2,1-2H3,(H2,24,25)(H,26,28);1H. The molecule has 1 atom stereocenters. The second kappa shape index (κ2) is 11.4. The van der Waals surface area contributed by atoms with Gasteiger partial charge in [-0.05, 0) is 62.6 Å². The summed E-state index contributed by atoms with van der Waals surface area (Å²) < 4.78 is 10.9. The molecule has 0 aromatic heterocycles. The molecule has 3 N–H and O–H groups in total. The van der Waals surface area contributed by atoms with Gasteiger partial charge in [-0.2, -0.15) is 0 Å². The summed E-state index contributed by atoms with van der Waals surface area (Å²) in [5.74, 6) is 0.607. The van der Waals surface area contributed by atoms with Crippen molar-refractivity contribution in [2.24, 2.45) is 0 Å². The van der Waals surface area contributed by atoms with Gasteiger partial charge in [-0.1, -0.05) is 12.1 Å². The molecule has 1 heterocycles. The van der Waals surface area contributed by atoms with Crippen LogP contribution in [-0.2, 0) is 16.0 Å². The van der Waals surface area contributed by atoms with Gasteiger partial charge < -0.3 is 20.1 Å².